The number of allylic oxidation sites excluding steroid dienone is 2. The fourth-order valence-corrected chi connectivity index (χ4v) is 8.12. The fourth-order valence-electron chi connectivity index (χ4n) is 7.14. The minimum atomic E-state index is -0.651. The number of phenolic OH excluding ortho intramolecular Hbond substituents is 1. The molecular weight excluding hydrogens is 621 g/mol. The monoisotopic (exact) mass is 655 g/mol. The van der Waals surface area contributed by atoms with E-state index in [0.717, 1.165) is 48.5 Å². The highest BCUT2D eigenvalue weighted by Crippen LogP contribution is 2.45. The smallest absolute Gasteiger partial charge is 0.281 e. The van der Waals surface area contributed by atoms with E-state index in [0.29, 0.717) is 5.02 Å². The number of hydrogen-bond acceptors (Lipinski definition) is 6. The predicted octanol–water partition coefficient (Wildman–Crippen LogP) is 8.89. The van der Waals surface area contributed by atoms with Crippen molar-refractivity contribution in [1.82, 2.24) is 0 Å². The van der Waals surface area contributed by atoms with Crippen molar-refractivity contribution < 1.29 is 19.8 Å². The lowest BCUT2D eigenvalue weighted by atomic mass is 9.79. The minimum Gasteiger partial charge on any atom is -0.507 e. The SMILES string of the molecule is CC1=NN(c2c(Cl)cc(Cl)cc2Cl)C(=O)C1=C1C(=O)C(c2ccc(N(CCC3CCCC3)CCC3CCCC3)cc2O)=C1O. The first-order valence-electron chi connectivity index (χ1n) is 15.5. The zero-order valence-electron chi connectivity index (χ0n) is 24.7. The molecule has 2 fully saturated rings. The number of aliphatic hydroxyl groups excluding tert-OH is 1. The third-order valence-electron chi connectivity index (χ3n) is 9.57. The van der Waals surface area contributed by atoms with E-state index in [9.17, 15) is 19.8 Å². The first kappa shape index (κ1) is 31.0. The summed E-state index contributed by atoms with van der Waals surface area (Å²) in [6.07, 6.45) is 12.7. The first-order chi connectivity index (χ1) is 21.1. The largest absolute Gasteiger partial charge is 0.507 e. The molecule has 0 atom stereocenters. The van der Waals surface area contributed by atoms with Gasteiger partial charge in [-0.1, -0.05) is 86.2 Å². The summed E-state index contributed by atoms with van der Waals surface area (Å²) in [7, 11) is 0. The van der Waals surface area contributed by atoms with E-state index < -0.39 is 11.7 Å². The number of hydrazone groups is 1. The molecule has 2 aromatic rings. The quantitative estimate of drug-likeness (QED) is 0.263. The highest BCUT2D eigenvalue weighted by atomic mass is 35.5. The van der Waals surface area contributed by atoms with E-state index in [-0.39, 0.29) is 55.2 Å². The topological polar surface area (TPSA) is 93.4 Å². The highest BCUT2D eigenvalue weighted by molar-refractivity contribution is 6.47. The lowest BCUT2D eigenvalue weighted by Crippen LogP contribution is -2.29. The Hall–Kier alpha value is -3.00. The summed E-state index contributed by atoms with van der Waals surface area (Å²) in [5.74, 6) is -0.125. The van der Waals surface area contributed by atoms with Crippen LogP contribution in [0.15, 0.2) is 52.3 Å². The van der Waals surface area contributed by atoms with Crippen molar-refractivity contribution >= 4 is 69.2 Å². The standard InChI is InChI=1S/C34H36Cl3N3O4/c1-19-28(34(44)40(38-19)31-25(36)16-22(35)17-26(31)37)30-32(42)29(33(30)43)24-11-10-23(18-27(24)41)39(14-12-20-6-2-3-7-20)15-13-21-8-4-5-9-21/h10-11,16-18,20-21,41-42H,2-9,12-15H2,1H3. The number of amides is 1. The van der Waals surface area contributed by atoms with Crippen molar-refractivity contribution in [1.29, 1.82) is 0 Å². The molecule has 3 aliphatic carbocycles. The summed E-state index contributed by atoms with van der Waals surface area (Å²) in [4.78, 5) is 29.3. The maximum Gasteiger partial charge on any atom is 0.281 e. The van der Waals surface area contributed by atoms with Gasteiger partial charge in [-0.15, -0.1) is 0 Å². The molecule has 1 aliphatic heterocycles. The van der Waals surface area contributed by atoms with Crippen LogP contribution >= 0.6 is 34.8 Å². The van der Waals surface area contributed by atoms with E-state index in [1.165, 1.54) is 63.5 Å². The molecule has 6 rings (SSSR count). The Bertz CT molecular complexity index is 1560. The predicted molar refractivity (Wildman–Crippen MR) is 177 cm³/mol. The van der Waals surface area contributed by atoms with Crippen molar-refractivity contribution in [3.63, 3.8) is 0 Å². The summed E-state index contributed by atoms with van der Waals surface area (Å²) in [6, 6.07) is 8.17. The van der Waals surface area contributed by atoms with Crippen LogP contribution in [-0.4, -0.2) is 40.7 Å². The summed E-state index contributed by atoms with van der Waals surface area (Å²) in [5, 5.41) is 28.0. The molecule has 0 unspecified atom stereocenters. The number of rotatable bonds is 9. The van der Waals surface area contributed by atoms with Crippen molar-refractivity contribution in [2.75, 3.05) is 23.0 Å². The van der Waals surface area contributed by atoms with Crippen molar-refractivity contribution in [2.45, 2.75) is 71.1 Å². The Labute approximate surface area is 272 Å². The second-order valence-electron chi connectivity index (χ2n) is 12.4. The summed E-state index contributed by atoms with van der Waals surface area (Å²) < 4.78 is 0. The van der Waals surface area contributed by atoms with Crippen LogP contribution in [0.2, 0.25) is 15.1 Å². The van der Waals surface area contributed by atoms with Gasteiger partial charge in [-0.25, -0.2) is 0 Å². The number of carbonyl (C=O) groups excluding carboxylic acids is 2. The van der Waals surface area contributed by atoms with Crippen LogP contribution in [0.25, 0.3) is 5.57 Å². The number of aliphatic hydroxyl groups is 1. The number of ketones is 1. The van der Waals surface area contributed by atoms with Crippen LogP contribution in [-0.2, 0) is 9.59 Å². The molecule has 0 bridgehead atoms. The van der Waals surface area contributed by atoms with Gasteiger partial charge in [0, 0.05) is 35.4 Å². The van der Waals surface area contributed by atoms with Crippen molar-refractivity contribution in [2.24, 2.45) is 16.9 Å². The van der Waals surface area contributed by atoms with Crippen LogP contribution in [0, 0.1) is 11.8 Å². The van der Waals surface area contributed by atoms with E-state index in [4.69, 9.17) is 34.8 Å². The molecule has 232 valence electrons. The van der Waals surface area contributed by atoms with Crippen LogP contribution in [0.3, 0.4) is 0 Å². The molecular formula is C34H36Cl3N3O4. The summed E-state index contributed by atoms with van der Waals surface area (Å²) >= 11 is 18.6. The minimum absolute atomic E-state index is 0.0263. The third-order valence-corrected chi connectivity index (χ3v) is 10.4. The summed E-state index contributed by atoms with van der Waals surface area (Å²) in [6.45, 7) is 3.42. The van der Waals surface area contributed by atoms with Gasteiger partial charge in [0.05, 0.1) is 32.5 Å². The van der Waals surface area contributed by atoms with Gasteiger partial charge in [0.15, 0.2) is 0 Å². The van der Waals surface area contributed by atoms with Gasteiger partial charge in [0.25, 0.3) is 5.91 Å². The van der Waals surface area contributed by atoms with Gasteiger partial charge >= 0.3 is 0 Å². The molecule has 1 amide bonds. The zero-order valence-corrected chi connectivity index (χ0v) is 27.0. The zero-order chi connectivity index (χ0) is 31.1. The maximum absolute atomic E-state index is 13.4. The van der Waals surface area contributed by atoms with E-state index in [2.05, 4.69) is 10.0 Å². The number of benzene rings is 2. The Morgan fingerprint density at radius 1 is 0.841 bits per heavy atom. The van der Waals surface area contributed by atoms with E-state index in [1.807, 2.05) is 6.07 Å². The van der Waals surface area contributed by atoms with Gasteiger partial charge in [0.2, 0.25) is 5.78 Å². The molecule has 0 aromatic heterocycles. The number of Topliss-reactive ketones (excluding diaryl/α,β-unsaturated/α-hetero) is 1. The number of halogens is 3. The lowest BCUT2D eigenvalue weighted by Gasteiger charge is -2.29. The second kappa shape index (κ2) is 12.8. The van der Waals surface area contributed by atoms with Crippen LogP contribution in [0.1, 0.15) is 76.7 Å². The molecule has 2 aromatic carbocycles. The average Bonchev–Trinajstić information content (AvgIpc) is 3.74. The average molecular weight is 657 g/mol. The molecule has 2 N–H and O–H groups in total. The number of anilines is 2. The van der Waals surface area contributed by atoms with E-state index >= 15 is 0 Å². The van der Waals surface area contributed by atoms with Gasteiger partial charge < -0.3 is 15.1 Å². The van der Waals surface area contributed by atoms with Gasteiger partial charge in [-0.2, -0.15) is 10.1 Å². The molecule has 0 saturated heterocycles. The van der Waals surface area contributed by atoms with Gasteiger partial charge in [-0.3, -0.25) is 9.59 Å². The highest BCUT2D eigenvalue weighted by Gasteiger charge is 2.44. The Morgan fingerprint density at radius 3 is 1.93 bits per heavy atom. The van der Waals surface area contributed by atoms with Crippen LogP contribution in [0.5, 0.6) is 5.75 Å². The number of hydrogen-bond donors (Lipinski definition) is 2. The van der Waals surface area contributed by atoms with Gasteiger partial charge in [-0.05, 0) is 55.9 Å². The number of nitrogens with zero attached hydrogens (tertiary/aromatic N) is 3. The Balaban J connectivity index is 1.25. The molecule has 7 nitrogen and oxygen atoms in total. The molecule has 0 spiro atoms. The Morgan fingerprint density at radius 2 is 1.41 bits per heavy atom. The number of phenols is 1. The molecule has 2 saturated carbocycles. The molecule has 1 heterocycles. The molecule has 4 aliphatic rings. The fraction of sp³-hybridized carbons (Fsp3) is 0.441. The molecule has 10 heteroatoms. The van der Waals surface area contributed by atoms with Gasteiger partial charge in [0.1, 0.15) is 17.2 Å². The normalized spacial score (nSPS) is 21.1. The maximum atomic E-state index is 13.4. The second-order valence-corrected chi connectivity index (χ2v) is 13.6. The van der Waals surface area contributed by atoms with Crippen LogP contribution < -0.4 is 9.91 Å². The molecule has 0 radical (unpaired) electrons. The molecule has 44 heavy (non-hydrogen) atoms. The van der Waals surface area contributed by atoms with Crippen molar-refractivity contribution in [3.8, 4) is 5.75 Å². The summed E-state index contributed by atoms with van der Waals surface area (Å²) in [5.41, 5.74) is 1.29. The van der Waals surface area contributed by atoms with E-state index in [1.54, 1.807) is 19.1 Å². The lowest BCUT2D eigenvalue weighted by molar-refractivity contribution is -0.115. The third kappa shape index (κ3) is 5.86. The Kier molecular flexibility index (Phi) is 9.00. The number of aromatic hydroxyl groups is 1. The van der Waals surface area contributed by atoms with Crippen molar-refractivity contribution in [3.05, 3.63) is 67.9 Å². The first-order valence-corrected chi connectivity index (χ1v) is 16.6. The van der Waals surface area contributed by atoms with Crippen LogP contribution in [0.4, 0.5) is 11.4 Å². The number of carbonyl (C=O) groups is 2.